The highest BCUT2D eigenvalue weighted by atomic mass is 28.3. The maximum atomic E-state index is 11.7. The lowest BCUT2D eigenvalue weighted by Crippen LogP contribution is -2.28. The molecule has 0 aliphatic rings. The van der Waals surface area contributed by atoms with Gasteiger partial charge in [-0.25, -0.2) is 4.79 Å². The Morgan fingerprint density at radius 2 is 1.74 bits per heavy atom. The zero-order valence-electron chi connectivity index (χ0n) is 12.4. The molecule has 19 heavy (non-hydrogen) atoms. The standard InChI is InChI=1S/C16H24O2Si/c1-5-19(6-2,7-3)13-12-14-10-8-9-11-15(14)16(17)18-4/h8-13H,5-7H2,1-4H3/b13-12+. The summed E-state index contributed by atoms with van der Waals surface area (Å²) in [6, 6.07) is 11.4. The van der Waals surface area contributed by atoms with Gasteiger partial charge < -0.3 is 4.74 Å². The molecule has 0 spiro atoms. The van der Waals surface area contributed by atoms with Gasteiger partial charge in [-0.05, 0) is 11.6 Å². The molecule has 0 atom stereocenters. The molecule has 0 aromatic heterocycles. The van der Waals surface area contributed by atoms with Crippen molar-refractivity contribution in [3.8, 4) is 0 Å². The molecule has 0 saturated carbocycles. The maximum Gasteiger partial charge on any atom is 0.338 e. The highest BCUT2D eigenvalue weighted by molar-refractivity contribution is 6.84. The second kappa shape index (κ2) is 7.29. The van der Waals surface area contributed by atoms with Crippen molar-refractivity contribution in [1.82, 2.24) is 0 Å². The normalized spacial score (nSPS) is 11.8. The van der Waals surface area contributed by atoms with Gasteiger partial charge in [-0.3, -0.25) is 0 Å². The number of rotatable bonds is 6. The molecule has 0 bridgehead atoms. The summed E-state index contributed by atoms with van der Waals surface area (Å²) in [5.74, 6) is -0.267. The summed E-state index contributed by atoms with van der Waals surface area (Å²) < 4.78 is 4.83. The van der Waals surface area contributed by atoms with Crippen LogP contribution < -0.4 is 0 Å². The van der Waals surface area contributed by atoms with Crippen molar-refractivity contribution >= 4 is 20.1 Å². The molecule has 1 rings (SSSR count). The molecule has 2 nitrogen and oxygen atoms in total. The van der Waals surface area contributed by atoms with Crippen molar-refractivity contribution < 1.29 is 9.53 Å². The summed E-state index contributed by atoms with van der Waals surface area (Å²) in [5.41, 5.74) is 3.99. The zero-order chi connectivity index (χ0) is 14.3. The monoisotopic (exact) mass is 276 g/mol. The van der Waals surface area contributed by atoms with E-state index in [0.29, 0.717) is 5.56 Å². The van der Waals surface area contributed by atoms with Crippen LogP contribution in [0.5, 0.6) is 0 Å². The first kappa shape index (κ1) is 15.7. The Morgan fingerprint density at radius 3 is 2.26 bits per heavy atom. The first-order chi connectivity index (χ1) is 9.12. The molecule has 0 heterocycles. The smallest absolute Gasteiger partial charge is 0.338 e. The summed E-state index contributed by atoms with van der Waals surface area (Å²) in [5, 5.41) is 0. The maximum absolute atomic E-state index is 11.7. The number of carbonyl (C=O) groups excluding carboxylic acids is 1. The third kappa shape index (κ3) is 3.80. The molecule has 0 radical (unpaired) electrons. The average Bonchev–Trinajstić information content (AvgIpc) is 2.49. The van der Waals surface area contributed by atoms with E-state index in [1.807, 2.05) is 24.3 Å². The summed E-state index contributed by atoms with van der Waals surface area (Å²) >= 11 is 0. The minimum Gasteiger partial charge on any atom is -0.465 e. The van der Waals surface area contributed by atoms with Gasteiger partial charge in [0.2, 0.25) is 0 Å². The van der Waals surface area contributed by atoms with Crippen molar-refractivity contribution in [2.45, 2.75) is 38.9 Å². The Hall–Kier alpha value is -1.35. The van der Waals surface area contributed by atoms with Crippen molar-refractivity contribution in [2.24, 2.45) is 0 Å². The van der Waals surface area contributed by atoms with Crippen LogP contribution in [0.25, 0.3) is 6.08 Å². The van der Waals surface area contributed by atoms with E-state index in [1.165, 1.54) is 25.2 Å². The second-order valence-electron chi connectivity index (χ2n) is 4.84. The highest BCUT2D eigenvalue weighted by Gasteiger charge is 2.23. The molecule has 0 N–H and O–H groups in total. The van der Waals surface area contributed by atoms with Crippen molar-refractivity contribution in [1.29, 1.82) is 0 Å². The fourth-order valence-electron chi connectivity index (χ4n) is 2.31. The predicted molar refractivity (Wildman–Crippen MR) is 84.0 cm³/mol. The topological polar surface area (TPSA) is 26.3 Å². The van der Waals surface area contributed by atoms with Gasteiger partial charge in [-0.2, -0.15) is 0 Å². The van der Waals surface area contributed by atoms with Crippen LogP contribution in [0.4, 0.5) is 0 Å². The van der Waals surface area contributed by atoms with Gasteiger partial charge in [0.05, 0.1) is 20.7 Å². The minimum absolute atomic E-state index is 0.267. The Balaban J connectivity index is 3.08. The Bertz CT molecular complexity index is 440. The SMILES string of the molecule is CC[Si](/C=C/c1ccccc1C(=O)OC)(CC)CC. The summed E-state index contributed by atoms with van der Waals surface area (Å²) in [4.78, 5) is 11.7. The number of hydrogen-bond donors (Lipinski definition) is 0. The fourth-order valence-corrected chi connectivity index (χ4v) is 5.05. The van der Waals surface area contributed by atoms with Crippen molar-refractivity contribution in [3.63, 3.8) is 0 Å². The van der Waals surface area contributed by atoms with E-state index in [1.54, 1.807) is 0 Å². The van der Waals surface area contributed by atoms with Crippen LogP contribution in [0.15, 0.2) is 30.0 Å². The lowest BCUT2D eigenvalue weighted by atomic mass is 10.1. The van der Waals surface area contributed by atoms with E-state index < -0.39 is 8.07 Å². The number of hydrogen-bond acceptors (Lipinski definition) is 2. The number of benzene rings is 1. The van der Waals surface area contributed by atoms with Crippen LogP contribution >= 0.6 is 0 Å². The molecule has 0 unspecified atom stereocenters. The van der Waals surface area contributed by atoms with Crippen LogP contribution in [-0.4, -0.2) is 21.2 Å². The molecule has 1 aromatic rings. The fraction of sp³-hybridized carbons (Fsp3) is 0.438. The number of carbonyl (C=O) groups is 1. The number of ether oxygens (including phenoxy) is 1. The van der Waals surface area contributed by atoms with E-state index in [-0.39, 0.29) is 5.97 Å². The molecule has 3 heteroatoms. The molecule has 0 saturated heterocycles. The summed E-state index contributed by atoms with van der Waals surface area (Å²) in [7, 11) is 0.122. The third-order valence-electron chi connectivity index (χ3n) is 4.09. The van der Waals surface area contributed by atoms with E-state index in [0.717, 1.165) is 5.56 Å². The Kier molecular flexibility index (Phi) is 6.02. The average molecular weight is 276 g/mol. The molecule has 1 aromatic carbocycles. The molecule has 104 valence electrons. The largest absolute Gasteiger partial charge is 0.465 e. The Morgan fingerprint density at radius 1 is 1.16 bits per heavy atom. The van der Waals surface area contributed by atoms with E-state index in [2.05, 4.69) is 32.5 Å². The molecular weight excluding hydrogens is 252 g/mol. The third-order valence-corrected chi connectivity index (χ3v) is 9.19. The van der Waals surface area contributed by atoms with Gasteiger partial charge in [-0.1, -0.05) is 68.9 Å². The lowest BCUT2D eigenvalue weighted by Gasteiger charge is -2.23. The van der Waals surface area contributed by atoms with Gasteiger partial charge in [0.15, 0.2) is 0 Å². The summed E-state index contributed by atoms with van der Waals surface area (Å²) in [6.45, 7) is 6.82. The van der Waals surface area contributed by atoms with Crippen LogP contribution in [-0.2, 0) is 4.74 Å². The predicted octanol–water partition coefficient (Wildman–Crippen LogP) is 4.53. The van der Waals surface area contributed by atoms with Gasteiger partial charge in [0.25, 0.3) is 0 Å². The van der Waals surface area contributed by atoms with Crippen molar-refractivity contribution in [2.75, 3.05) is 7.11 Å². The number of esters is 1. The lowest BCUT2D eigenvalue weighted by molar-refractivity contribution is 0.0600. The first-order valence-electron chi connectivity index (χ1n) is 6.99. The van der Waals surface area contributed by atoms with Crippen LogP contribution in [0.1, 0.15) is 36.7 Å². The van der Waals surface area contributed by atoms with Gasteiger partial charge in [0, 0.05) is 0 Å². The van der Waals surface area contributed by atoms with E-state index in [4.69, 9.17) is 4.74 Å². The van der Waals surface area contributed by atoms with Crippen LogP contribution in [0.3, 0.4) is 0 Å². The molecule has 0 aliphatic heterocycles. The quantitative estimate of drug-likeness (QED) is 0.563. The van der Waals surface area contributed by atoms with Crippen LogP contribution in [0.2, 0.25) is 18.1 Å². The minimum atomic E-state index is -1.30. The van der Waals surface area contributed by atoms with E-state index >= 15 is 0 Å². The first-order valence-corrected chi connectivity index (χ1v) is 9.69. The molecule has 0 aliphatic carbocycles. The molecular formula is C16H24O2Si. The molecule has 0 fully saturated rings. The zero-order valence-corrected chi connectivity index (χ0v) is 13.4. The van der Waals surface area contributed by atoms with Gasteiger partial charge in [-0.15, -0.1) is 0 Å². The number of methoxy groups -OCH3 is 1. The van der Waals surface area contributed by atoms with Crippen LogP contribution in [0, 0.1) is 0 Å². The van der Waals surface area contributed by atoms with Gasteiger partial charge >= 0.3 is 5.97 Å². The Labute approximate surface area is 117 Å². The molecule has 0 amide bonds. The summed E-state index contributed by atoms with van der Waals surface area (Å²) in [6.07, 6.45) is 2.12. The highest BCUT2D eigenvalue weighted by Crippen LogP contribution is 2.23. The van der Waals surface area contributed by atoms with Gasteiger partial charge in [0.1, 0.15) is 0 Å². The van der Waals surface area contributed by atoms with Crippen molar-refractivity contribution in [3.05, 3.63) is 41.1 Å². The second-order valence-corrected chi connectivity index (χ2v) is 10.0. The van der Waals surface area contributed by atoms with E-state index in [9.17, 15) is 4.79 Å².